The van der Waals surface area contributed by atoms with E-state index < -0.39 is 35.5 Å². The summed E-state index contributed by atoms with van der Waals surface area (Å²) in [4.78, 5) is 30.2. The van der Waals surface area contributed by atoms with E-state index in [9.17, 15) is 24.2 Å². The lowest BCUT2D eigenvalue weighted by Gasteiger charge is -2.43. The Labute approximate surface area is 159 Å². The van der Waals surface area contributed by atoms with E-state index in [-0.39, 0.29) is 23.5 Å². The highest BCUT2D eigenvalue weighted by molar-refractivity contribution is 6.02. The van der Waals surface area contributed by atoms with Gasteiger partial charge in [-0.2, -0.15) is 0 Å². The number of hydrogen-bond donors (Lipinski definition) is 4. The average molecular weight is 386 g/mol. The van der Waals surface area contributed by atoms with Gasteiger partial charge in [-0.15, -0.1) is 0 Å². The Morgan fingerprint density at radius 1 is 1.29 bits per heavy atom. The summed E-state index contributed by atoms with van der Waals surface area (Å²) in [5.41, 5.74) is 4.94. The van der Waals surface area contributed by atoms with Crippen molar-refractivity contribution < 1.29 is 24.2 Å². The van der Waals surface area contributed by atoms with Gasteiger partial charge in [-0.1, -0.05) is 12.1 Å². The summed E-state index contributed by atoms with van der Waals surface area (Å²) in [5.74, 6) is -2.12. The van der Waals surface area contributed by atoms with E-state index in [1.807, 2.05) is 0 Å². The molecule has 0 spiro atoms. The largest absolute Gasteiger partial charge is 0.478 e. The zero-order chi connectivity index (χ0) is 20.1. The van der Waals surface area contributed by atoms with Gasteiger partial charge in [0.05, 0.1) is 17.4 Å². The number of benzene rings is 1. The molecule has 9 heteroatoms. The van der Waals surface area contributed by atoms with E-state index in [0.717, 1.165) is 0 Å². The first kappa shape index (κ1) is 18.2. The number of aromatic carboxylic acids is 1. The maximum atomic E-state index is 13.4. The number of carbonyl (C=O) groups is 2. The number of pyridine rings is 1. The van der Waals surface area contributed by atoms with E-state index in [1.165, 1.54) is 41.4 Å². The van der Waals surface area contributed by atoms with Crippen LogP contribution < -0.4 is 16.0 Å². The normalized spacial score (nSPS) is 26.0. The number of aliphatic hydroxyl groups is 1. The fourth-order valence-corrected chi connectivity index (χ4v) is 4.26. The van der Waals surface area contributed by atoms with Crippen LogP contribution in [0.25, 0.3) is 0 Å². The van der Waals surface area contributed by atoms with Crippen molar-refractivity contribution in [2.75, 3.05) is 10.2 Å². The summed E-state index contributed by atoms with van der Waals surface area (Å²) >= 11 is 0. The molecule has 1 aromatic carbocycles. The van der Waals surface area contributed by atoms with E-state index >= 15 is 0 Å². The number of primary amides is 1. The molecule has 3 unspecified atom stereocenters. The Morgan fingerprint density at radius 3 is 2.57 bits per heavy atom. The van der Waals surface area contributed by atoms with E-state index in [1.54, 1.807) is 0 Å². The highest BCUT2D eigenvalue weighted by atomic mass is 19.1. The zero-order valence-electron chi connectivity index (χ0n) is 14.8. The first-order valence-corrected chi connectivity index (χ1v) is 8.88. The van der Waals surface area contributed by atoms with Crippen LogP contribution in [0.3, 0.4) is 0 Å². The minimum absolute atomic E-state index is 0.0677. The number of aromatic nitrogens is 1. The van der Waals surface area contributed by atoms with Crippen molar-refractivity contribution in [3.8, 4) is 0 Å². The number of halogens is 1. The van der Waals surface area contributed by atoms with Crippen LogP contribution in [0.15, 0.2) is 36.5 Å². The summed E-state index contributed by atoms with van der Waals surface area (Å²) in [6.07, 6.45) is 0.688. The third kappa shape index (κ3) is 2.50. The van der Waals surface area contributed by atoms with Crippen LogP contribution in [-0.4, -0.2) is 38.7 Å². The number of nitrogens with zero attached hydrogens (tertiary/aromatic N) is 2. The number of nitrogens with one attached hydrogen (secondary N) is 1. The minimum Gasteiger partial charge on any atom is -0.478 e. The monoisotopic (exact) mass is 386 g/mol. The number of carboxylic acids is 1. The molecule has 1 saturated carbocycles. The number of rotatable bonds is 4. The highest BCUT2D eigenvalue weighted by Crippen LogP contribution is 2.50. The van der Waals surface area contributed by atoms with Crippen molar-refractivity contribution in [2.45, 2.75) is 37.1 Å². The summed E-state index contributed by atoms with van der Waals surface area (Å²) < 4.78 is 13.4. The SMILES string of the molecule is NC(=O)C1(N2c3c(C(=O)O)ccnc3NC2c2ccc(F)cc2)CCCC1O. The Morgan fingerprint density at radius 2 is 2.00 bits per heavy atom. The van der Waals surface area contributed by atoms with Gasteiger partial charge in [0.25, 0.3) is 0 Å². The number of hydrogen-bond acceptors (Lipinski definition) is 6. The molecule has 0 saturated heterocycles. The topological polar surface area (TPSA) is 129 Å². The first-order valence-electron chi connectivity index (χ1n) is 8.88. The van der Waals surface area contributed by atoms with Gasteiger partial charge >= 0.3 is 5.97 Å². The zero-order valence-corrected chi connectivity index (χ0v) is 14.8. The molecule has 0 radical (unpaired) electrons. The van der Waals surface area contributed by atoms with Crippen molar-refractivity contribution in [1.82, 2.24) is 4.98 Å². The van der Waals surface area contributed by atoms with Crippen LogP contribution in [0.4, 0.5) is 15.9 Å². The third-order valence-corrected chi connectivity index (χ3v) is 5.56. The molecule has 2 aromatic rings. The second kappa shape index (κ2) is 6.45. The molecule has 3 atom stereocenters. The van der Waals surface area contributed by atoms with E-state index in [2.05, 4.69) is 10.3 Å². The minimum atomic E-state index is -1.51. The van der Waals surface area contributed by atoms with Crippen molar-refractivity contribution >= 4 is 23.4 Å². The van der Waals surface area contributed by atoms with Gasteiger partial charge in [0.15, 0.2) is 5.82 Å². The fraction of sp³-hybridized carbons (Fsp3) is 0.316. The number of nitrogens with two attached hydrogens (primary N) is 1. The van der Waals surface area contributed by atoms with Crippen LogP contribution in [0.5, 0.6) is 0 Å². The van der Waals surface area contributed by atoms with Crippen LogP contribution in [-0.2, 0) is 4.79 Å². The smallest absolute Gasteiger partial charge is 0.338 e. The van der Waals surface area contributed by atoms with Gasteiger partial charge in [-0.05, 0) is 43.0 Å². The van der Waals surface area contributed by atoms with Crippen LogP contribution in [0.2, 0.25) is 0 Å². The lowest BCUT2D eigenvalue weighted by molar-refractivity contribution is -0.126. The summed E-state index contributed by atoms with van der Waals surface area (Å²) in [6.45, 7) is 0. The van der Waals surface area contributed by atoms with Crippen LogP contribution in [0.1, 0.15) is 41.3 Å². The summed E-state index contributed by atoms with van der Waals surface area (Å²) in [5, 5.41) is 23.5. The summed E-state index contributed by atoms with van der Waals surface area (Å²) in [7, 11) is 0. The number of anilines is 2. The lowest BCUT2D eigenvalue weighted by atomic mass is 9.89. The molecule has 1 amide bonds. The standard InChI is InChI=1S/C19H19FN4O4/c20-11-5-3-10(4-6-11)16-23-15-14(12(17(26)27)7-9-22-15)24(16)19(18(21)28)8-1-2-13(19)25/h3-7,9,13,16,25H,1-2,8H2,(H2,21,28)(H,22,23)(H,26,27). The predicted molar refractivity (Wildman–Crippen MR) is 98.2 cm³/mol. The van der Waals surface area contributed by atoms with Gasteiger partial charge in [0.1, 0.15) is 17.5 Å². The molecule has 5 N–H and O–H groups in total. The fourth-order valence-electron chi connectivity index (χ4n) is 4.26. The number of fused-ring (bicyclic) bond motifs is 1. The van der Waals surface area contributed by atoms with Gasteiger partial charge in [0.2, 0.25) is 5.91 Å². The predicted octanol–water partition coefficient (Wildman–Crippen LogP) is 1.62. The molecule has 4 rings (SSSR count). The Hall–Kier alpha value is -3.20. The van der Waals surface area contributed by atoms with Crippen molar-refractivity contribution in [1.29, 1.82) is 0 Å². The quantitative estimate of drug-likeness (QED) is 0.628. The molecule has 28 heavy (non-hydrogen) atoms. The molecule has 146 valence electrons. The number of carboxylic acid groups (broad SMARTS) is 1. The van der Waals surface area contributed by atoms with Crippen LogP contribution in [0, 0.1) is 5.82 Å². The number of aliphatic hydroxyl groups excluding tert-OH is 1. The molecule has 0 bridgehead atoms. The lowest BCUT2D eigenvalue weighted by Crippen LogP contribution is -2.63. The molecule has 1 aliphatic heterocycles. The Bertz CT molecular complexity index is 951. The first-order chi connectivity index (χ1) is 13.4. The number of carbonyl (C=O) groups excluding carboxylic acids is 1. The van der Waals surface area contributed by atoms with E-state index in [0.29, 0.717) is 18.4 Å². The summed E-state index contributed by atoms with van der Waals surface area (Å²) in [6, 6.07) is 6.93. The van der Waals surface area contributed by atoms with Crippen molar-refractivity contribution in [3.05, 3.63) is 53.5 Å². The Kier molecular flexibility index (Phi) is 4.19. The molecule has 2 aliphatic rings. The second-order valence-electron chi connectivity index (χ2n) is 7.03. The van der Waals surface area contributed by atoms with E-state index in [4.69, 9.17) is 5.73 Å². The molecule has 2 heterocycles. The maximum absolute atomic E-state index is 13.4. The van der Waals surface area contributed by atoms with Gasteiger partial charge in [-0.3, -0.25) is 4.79 Å². The average Bonchev–Trinajstić information content (AvgIpc) is 3.23. The van der Waals surface area contributed by atoms with Gasteiger partial charge in [0, 0.05) is 6.20 Å². The van der Waals surface area contributed by atoms with Crippen molar-refractivity contribution in [3.63, 3.8) is 0 Å². The maximum Gasteiger partial charge on any atom is 0.338 e. The molecule has 1 aliphatic carbocycles. The highest BCUT2D eigenvalue weighted by Gasteiger charge is 2.57. The molecule has 1 fully saturated rings. The Balaban J connectivity index is 1.96. The molecular weight excluding hydrogens is 367 g/mol. The third-order valence-electron chi connectivity index (χ3n) is 5.56. The molecule has 8 nitrogen and oxygen atoms in total. The van der Waals surface area contributed by atoms with Gasteiger partial charge in [-0.25, -0.2) is 14.2 Å². The van der Waals surface area contributed by atoms with Crippen LogP contribution >= 0.6 is 0 Å². The second-order valence-corrected chi connectivity index (χ2v) is 7.03. The molecular formula is C19H19FN4O4. The number of amides is 1. The van der Waals surface area contributed by atoms with Gasteiger partial charge < -0.3 is 26.2 Å². The molecule has 1 aromatic heterocycles. The van der Waals surface area contributed by atoms with Crippen molar-refractivity contribution in [2.24, 2.45) is 5.73 Å².